The third-order valence-electron chi connectivity index (χ3n) is 4.56. The number of nitrogens with zero attached hydrogens (tertiary/aromatic N) is 2. The third-order valence-corrected chi connectivity index (χ3v) is 4.91. The second kappa shape index (κ2) is 13.9. The molecule has 0 fully saturated rings. The average molecular weight is 558 g/mol. The molecule has 0 aliphatic carbocycles. The minimum atomic E-state index is -1.18. The van der Waals surface area contributed by atoms with Gasteiger partial charge in [-0.25, -0.2) is 19.6 Å². The summed E-state index contributed by atoms with van der Waals surface area (Å²) < 4.78 is 5.32. The van der Waals surface area contributed by atoms with Crippen molar-refractivity contribution in [3.8, 4) is 5.75 Å². The van der Waals surface area contributed by atoms with Gasteiger partial charge in [-0.15, -0.1) is 24.8 Å². The SMILES string of the molecule is Cl.Cl.NC(N)=Nc1ccc(C(=O)Oc2ccc(CC(=O)N[C@@H](Cc3cnc[nH]3)C(=O)O)c(Cl)c2)cc1. The standard InChI is InChI=1S/C22H21ClN6O5.2ClH/c23-17-9-16(34-21(33)12-1-4-14(5-2-12)28-22(24)25)6-3-13(17)7-19(30)29-18(20(31)32)8-15-10-26-11-27-15;;/h1-6,9-11,18H,7-8H2,(H,26,27)(H,29,30)(H,31,32)(H4,24,25,28);2*1H/t18-;;/m0../s1. The fraction of sp³-hybridized carbons (Fsp3) is 0.136. The van der Waals surface area contributed by atoms with Gasteiger partial charge in [-0.2, -0.15) is 0 Å². The molecular formula is C22H23Cl3N6O5. The van der Waals surface area contributed by atoms with Crippen LogP contribution in [0.5, 0.6) is 5.75 Å². The highest BCUT2D eigenvalue weighted by Crippen LogP contribution is 2.24. The van der Waals surface area contributed by atoms with E-state index in [9.17, 15) is 19.5 Å². The molecule has 1 amide bonds. The van der Waals surface area contributed by atoms with Crippen LogP contribution in [-0.2, 0) is 22.4 Å². The summed E-state index contributed by atoms with van der Waals surface area (Å²) in [6.45, 7) is 0. The van der Waals surface area contributed by atoms with Gasteiger partial charge in [0.1, 0.15) is 11.8 Å². The molecule has 2 aromatic carbocycles. The average Bonchev–Trinajstić information content (AvgIpc) is 3.28. The zero-order chi connectivity index (χ0) is 24.7. The Bertz CT molecular complexity index is 1220. The molecule has 14 heteroatoms. The maximum Gasteiger partial charge on any atom is 0.343 e. The van der Waals surface area contributed by atoms with Crippen LogP contribution in [0.1, 0.15) is 21.6 Å². The number of benzene rings is 2. The Balaban J connectivity index is 0.00000324. The number of nitrogens with one attached hydrogen (secondary N) is 2. The number of nitrogens with two attached hydrogens (primary N) is 2. The Kier molecular flexibility index (Phi) is 11.7. The van der Waals surface area contributed by atoms with Crippen LogP contribution in [0.2, 0.25) is 5.02 Å². The summed E-state index contributed by atoms with van der Waals surface area (Å²) in [4.78, 5) is 46.7. The number of carboxylic acid groups (broad SMARTS) is 1. The Morgan fingerprint density at radius 2 is 1.83 bits per heavy atom. The maximum absolute atomic E-state index is 12.4. The van der Waals surface area contributed by atoms with Crippen molar-refractivity contribution in [1.82, 2.24) is 15.3 Å². The molecule has 0 saturated heterocycles. The molecule has 36 heavy (non-hydrogen) atoms. The Morgan fingerprint density at radius 3 is 2.39 bits per heavy atom. The van der Waals surface area contributed by atoms with E-state index in [1.165, 1.54) is 42.9 Å². The molecule has 1 aromatic heterocycles. The number of ether oxygens (including phenoxy) is 1. The first-order chi connectivity index (χ1) is 16.2. The Morgan fingerprint density at radius 1 is 1.14 bits per heavy atom. The molecule has 1 atom stereocenters. The van der Waals surface area contributed by atoms with E-state index in [1.54, 1.807) is 12.1 Å². The van der Waals surface area contributed by atoms with Gasteiger partial charge in [0.15, 0.2) is 5.96 Å². The van der Waals surface area contributed by atoms with Gasteiger partial charge in [0, 0.05) is 23.3 Å². The lowest BCUT2D eigenvalue weighted by Gasteiger charge is -2.14. The van der Waals surface area contributed by atoms with Crippen molar-refractivity contribution in [2.45, 2.75) is 18.9 Å². The van der Waals surface area contributed by atoms with Crippen molar-refractivity contribution in [1.29, 1.82) is 0 Å². The molecule has 1 heterocycles. The minimum absolute atomic E-state index is 0. The monoisotopic (exact) mass is 556 g/mol. The summed E-state index contributed by atoms with van der Waals surface area (Å²) in [5, 5.41) is 12.0. The van der Waals surface area contributed by atoms with Gasteiger partial charge in [0.25, 0.3) is 0 Å². The van der Waals surface area contributed by atoms with Gasteiger partial charge >= 0.3 is 11.9 Å². The largest absolute Gasteiger partial charge is 0.480 e. The van der Waals surface area contributed by atoms with Crippen LogP contribution in [-0.4, -0.2) is 44.9 Å². The molecule has 0 aliphatic heterocycles. The normalized spacial score (nSPS) is 10.7. The van der Waals surface area contributed by atoms with Crippen LogP contribution in [0.15, 0.2) is 60.0 Å². The quantitative estimate of drug-likeness (QED) is 0.115. The van der Waals surface area contributed by atoms with E-state index in [4.69, 9.17) is 27.8 Å². The van der Waals surface area contributed by atoms with Crippen molar-refractivity contribution in [3.63, 3.8) is 0 Å². The van der Waals surface area contributed by atoms with Crippen LogP contribution in [0.4, 0.5) is 5.69 Å². The lowest BCUT2D eigenvalue weighted by molar-refractivity contribution is -0.141. The van der Waals surface area contributed by atoms with Crippen molar-refractivity contribution < 1.29 is 24.2 Å². The second-order valence-corrected chi connectivity index (χ2v) is 7.55. The van der Waals surface area contributed by atoms with Crippen molar-refractivity contribution in [3.05, 3.63) is 76.8 Å². The summed E-state index contributed by atoms with van der Waals surface area (Å²) in [6, 6.07) is 9.40. The number of carbonyl (C=O) groups is 3. The summed E-state index contributed by atoms with van der Waals surface area (Å²) in [7, 11) is 0. The molecule has 0 spiro atoms. The van der Waals surface area contributed by atoms with E-state index in [-0.39, 0.29) is 60.0 Å². The number of hydrogen-bond donors (Lipinski definition) is 5. The number of guanidine groups is 1. The number of halogens is 3. The van der Waals surface area contributed by atoms with Crippen LogP contribution < -0.4 is 21.5 Å². The molecule has 192 valence electrons. The first-order valence-corrected chi connectivity index (χ1v) is 10.3. The number of esters is 1. The summed E-state index contributed by atoms with van der Waals surface area (Å²) in [6.07, 6.45) is 2.80. The minimum Gasteiger partial charge on any atom is -0.480 e. The summed E-state index contributed by atoms with van der Waals surface area (Å²) in [5.41, 5.74) is 12.4. The Hall–Kier alpha value is -3.80. The number of aliphatic carboxylic acids is 1. The van der Waals surface area contributed by atoms with Gasteiger partial charge in [0.05, 0.1) is 24.0 Å². The van der Waals surface area contributed by atoms with E-state index < -0.39 is 23.9 Å². The molecule has 7 N–H and O–H groups in total. The fourth-order valence-corrected chi connectivity index (χ4v) is 3.19. The van der Waals surface area contributed by atoms with Gasteiger partial charge < -0.3 is 31.6 Å². The number of aromatic amines is 1. The Labute approximate surface area is 223 Å². The highest BCUT2D eigenvalue weighted by atomic mass is 35.5. The number of aromatic nitrogens is 2. The highest BCUT2D eigenvalue weighted by molar-refractivity contribution is 6.31. The van der Waals surface area contributed by atoms with Gasteiger partial charge in [-0.3, -0.25) is 4.79 Å². The van der Waals surface area contributed by atoms with Gasteiger partial charge in [-0.05, 0) is 42.0 Å². The first kappa shape index (κ1) is 30.2. The molecule has 0 saturated carbocycles. The summed E-state index contributed by atoms with van der Waals surface area (Å²) in [5.74, 6) is -2.26. The predicted octanol–water partition coefficient (Wildman–Crippen LogP) is 2.39. The smallest absolute Gasteiger partial charge is 0.343 e. The molecule has 0 bridgehead atoms. The lowest BCUT2D eigenvalue weighted by Crippen LogP contribution is -2.43. The van der Waals surface area contributed by atoms with Crippen molar-refractivity contribution >= 4 is 65.9 Å². The van der Waals surface area contributed by atoms with Crippen LogP contribution in [0.3, 0.4) is 0 Å². The van der Waals surface area contributed by atoms with E-state index in [0.29, 0.717) is 16.9 Å². The molecular weight excluding hydrogens is 535 g/mol. The zero-order valence-corrected chi connectivity index (χ0v) is 20.9. The number of aliphatic imine (C=N–C) groups is 1. The first-order valence-electron chi connectivity index (χ1n) is 9.91. The molecule has 11 nitrogen and oxygen atoms in total. The highest BCUT2D eigenvalue weighted by Gasteiger charge is 2.21. The van der Waals surface area contributed by atoms with Crippen molar-refractivity contribution in [2.24, 2.45) is 16.5 Å². The third kappa shape index (κ3) is 8.77. The number of amides is 1. The van der Waals surface area contributed by atoms with E-state index in [1.807, 2.05) is 0 Å². The van der Waals surface area contributed by atoms with Crippen LogP contribution >= 0.6 is 36.4 Å². The summed E-state index contributed by atoms with van der Waals surface area (Å²) >= 11 is 6.25. The van der Waals surface area contributed by atoms with E-state index in [2.05, 4.69) is 20.3 Å². The van der Waals surface area contributed by atoms with E-state index in [0.717, 1.165) is 0 Å². The number of carbonyl (C=O) groups excluding carboxylic acids is 2. The number of H-pyrrole nitrogens is 1. The van der Waals surface area contributed by atoms with Gasteiger partial charge in [0.2, 0.25) is 5.91 Å². The van der Waals surface area contributed by atoms with Crippen LogP contribution in [0, 0.1) is 0 Å². The molecule has 0 aliphatic rings. The fourth-order valence-electron chi connectivity index (χ4n) is 2.96. The van der Waals surface area contributed by atoms with Crippen molar-refractivity contribution in [2.75, 3.05) is 0 Å². The second-order valence-electron chi connectivity index (χ2n) is 7.14. The molecule has 0 unspecified atom stereocenters. The molecule has 0 radical (unpaired) electrons. The van der Waals surface area contributed by atoms with E-state index >= 15 is 0 Å². The van der Waals surface area contributed by atoms with Crippen LogP contribution in [0.25, 0.3) is 0 Å². The number of carboxylic acids is 1. The number of rotatable bonds is 9. The predicted molar refractivity (Wildman–Crippen MR) is 138 cm³/mol. The maximum atomic E-state index is 12.4. The number of imidazole rings is 1. The zero-order valence-electron chi connectivity index (χ0n) is 18.5. The molecule has 3 rings (SSSR count). The lowest BCUT2D eigenvalue weighted by atomic mass is 10.1. The van der Waals surface area contributed by atoms with Gasteiger partial charge in [-0.1, -0.05) is 17.7 Å². The molecule has 3 aromatic rings. The number of hydrogen-bond acceptors (Lipinski definition) is 6. The topological polar surface area (TPSA) is 186 Å².